The average molecular weight is 297 g/mol. The molecule has 0 aliphatic carbocycles. The number of hydrogen-bond acceptors (Lipinski definition) is 3. The van der Waals surface area contributed by atoms with Gasteiger partial charge >= 0.3 is 6.18 Å². The van der Waals surface area contributed by atoms with Crippen LogP contribution in [0.3, 0.4) is 0 Å². The number of rotatable bonds is 4. The normalized spacial score (nSPS) is 13.9. The Bertz CT molecular complexity index is 463. The van der Waals surface area contributed by atoms with Crippen LogP contribution >= 0.6 is 22.9 Å². The zero-order valence-corrected chi connectivity index (χ0v) is 11.4. The van der Waals surface area contributed by atoms with Gasteiger partial charge in [0, 0.05) is 16.7 Å². The molecule has 0 atom stereocenters. The summed E-state index contributed by atoms with van der Waals surface area (Å²) in [5, 5.41) is 5.09. The molecule has 0 spiro atoms. The maximum absolute atomic E-state index is 12.4. The molecule has 0 unspecified atom stereocenters. The number of alkyl halides is 4. The second-order valence-electron chi connectivity index (χ2n) is 3.47. The Morgan fingerprint density at radius 3 is 2.67 bits per heavy atom. The van der Waals surface area contributed by atoms with Crippen LogP contribution in [-0.2, 0) is 5.88 Å². The van der Waals surface area contributed by atoms with E-state index in [1.54, 1.807) is 18.4 Å². The molecule has 2 nitrogen and oxygen atoms in total. The van der Waals surface area contributed by atoms with Gasteiger partial charge in [-0.25, -0.2) is 4.98 Å². The number of hydrogen-bond donors (Lipinski definition) is 1. The number of nitrogens with one attached hydrogen (secondary N) is 1. The molecule has 0 aromatic carbocycles. The fourth-order valence-electron chi connectivity index (χ4n) is 1.06. The van der Waals surface area contributed by atoms with Crippen LogP contribution in [-0.4, -0.2) is 11.2 Å². The Hall–Kier alpha value is -1.01. The van der Waals surface area contributed by atoms with E-state index in [4.69, 9.17) is 11.6 Å². The van der Waals surface area contributed by atoms with Gasteiger partial charge in [-0.2, -0.15) is 13.2 Å². The highest BCUT2D eigenvalue weighted by Gasteiger charge is 2.29. The van der Waals surface area contributed by atoms with Crippen LogP contribution in [0.5, 0.6) is 0 Å². The maximum Gasteiger partial charge on any atom is 0.412 e. The van der Waals surface area contributed by atoms with E-state index >= 15 is 0 Å². The Kier molecular flexibility index (Phi) is 5.22. The van der Waals surface area contributed by atoms with Crippen LogP contribution in [0.2, 0.25) is 0 Å². The summed E-state index contributed by atoms with van der Waals surface area (Å²) in [6.45, 7) is 2.68. The number of thiazole rings is 1. The van der Waals surface area contributed by atoms with Gasteiger partial charge in [-0.15, -0.1) is 22.9 Å². The third-order valence-corrected chi connectivity index (χ3v) is 3.15. The highest BCUT2D eigenvalue weighted by molar-refractivity contribution is 7.13. The summed E-state index contributed by atoms with van der Waals surface area (Å²) >= 11 is 6.89. The number of aromatic nitrogens is 1. The SMILES string of the molecule is C/C=C(\C=C(/C)C(F)(F)F)Nc1nc(CCl)cs1. The van der Waals surface area contributed by atoms with Crippen molar-refractivity contribution in [3.63, 3.8) is 0 Å². The lowest BCUT2D eigenvalue weighted by Crippen LogP contribution is -2.10. The van der Waals surface area contributed by atoms with E-state index in [2.05, 4.69) is 10.3 Å². The van der Waals surface area contributed by atoms with Gasteiger partial charge in [0.2, 0.25) is 0 Å². The van der Waals surface area contributed by atoms with Crippen molar-refractivity contribution in [2.75, 3.05) is 5.32 Å². The summed E-state index contributed by atoms with van der Waals surface area (Å²) in [4.78, 5) is 4.11. The van der Waals surface area contributed by atoms with E-state index in [-0.39, 0.29) is 5.88 Å². The van der Waals surface area contributed by atoms with Crippen molar-refractivity contribution in [2.24, 2.45) is 0 Å². The minimum absolute atomic E-state index is 0.279. The predicted molar refractivity (Wildman–Crippen MR) is 68.9 cm³/mol. The van der Waals surface area contributed by atoms with Gasteiger partial charge in [-0.3, -0.25) is 0 Å². The molecule has 100 valence electrons. The van der Waals surface area contributed by atoms with Crippen molar-refractivity contribution >= 4 is 28.1 Å². The lowest BCUT2D eigenvalue weighted by Gasteiger charge is -2.08. The number of allylic oxidation sites excluding steroid dienone is 3. The molecule has 7 heteroatoms. The van der Waals surface area contributed by atoms with E-state index in [0.717, 1.165) is 13.0 Å². The first kappa shape index (κ1) is 15.0. The van der Waals surface area contributed by atoms with E-state index in [1.165, 1.54) is 11.3 Å². The first-order valence-electron chi connectivity index (χ1n) is 5.06. The molecule has 0 fully saturated rings. The first-order chi connectivity index (χ1) is 8.36. The minimum atomic E-state index is -4.32. The van der Waals surface area contributed by atoms with Crippen molar-refractivity contribution in [1.29, 1.82) is 0 Å². The van der Waals surface area contributed by atoms with Crippen molar-refractivity contribution in [2.45, 2.75) is 25.9 Å². The lowest BCUT2D eigenvalue weighted by molar-refractivity contribution is -0.0913. The van der Waals surface area contributed by atoms with Crippen molar-refractivity contribution in [3.8, 4) is 0 Å². The Balaban J connectivity index is 2.81. The smallest absolute Gasteiger partial charge is 0.332 e. The molecule has 1 aromatic heterocycles. The molecule has 1 heterocycles. The van der Waals surface area contributed by atoms with Crippen LogP contribution in [0.25, 0.3) is 0 Å². The molecule has 0 amide bonds. The van der Waals surface area contributed by atoms with Crippen molar-refractivity contribution < 1.29 is 13.2 Å². The Labute approximate surface area is 112 Å². The quantitative estimate of drug-likeness (QED) is 0.643. The summed E-state index contributed by atoms with van der Waals surface area (Å²) in [6.07, 6.45) is -1.72. The van der Waals surface area contributed by atoms with E-state index in [9.17, 15) is 13.2 Å². The van der Waals surface area contributed by atoms with Gasteiger partial charge in [-0.05, 0) is 19.9 Å². The molecule has 0 radical (unpaired) electrons. The zero-order valence-electron chi connectivity index (χ0n) is 9.81. The van der Waals surface area contributed by atoms with Crippen LogP contribution < -0.4 is 5.32 Å². The third-order valence-electron chi connectivity index (χ3n) is 2.07. The zero-order chi connectivity index (χ0) is 13.8. The van der Waals surface area contributed by atoms with Gasteiger partial charge < -0.3 is 5.32 Å². The molecule has 18 heavy (non-hydrogen) atoms. The second-order valence-corrected chi connectivity index (χ2v) is 4.60. The molecule has 1 rings (SSSR count). The van der Waals surface area contributed by atoms with Gasteiger partial charge in [0.05, 0.1) is 11.6 Å². The average Bonchev–Trinajstić information content (AvgIpc) is 2.74. The number of halogens is 4. The molecule has 0 bridgehead atoms. The fourth-order valence-corrected chi connectivity index (χ4v) is 2.01. The summed E-state index contributed by atoms with van der Waals surface area (Å²) in [7, 11) is 0. The van der Waals surface area contributed by atoms with Gasteiger partial charge in [0.1, 0.15) is 0 Å². The first-order valence-corrected chi connectivity index (χ1v) is 6.47. The van der Waals surface area contributed by atoms with Gasteiger partial charge in [0.15, 0.2) is 5.13 Å². The summed E-state index contributed by atoms with van der Waals surface area (Å²) < 4.78 is 37.2. The molecule has 1 aromatic rings. The van der Waals surface area contributed by atoms with E-state index in [0.29, 0.717) is 16.5 Å². The van der Waals surface area contributed by atoms with Crippen LogP contribution in [0.1, 0.15) is 19.5 Å². The second kappa shape index (κ2) is 6.24. The topological polar surface area (TPSA) is 24.9 Å². The number of nitrogens with zero attached hydrogens (tertiary/aromatic N) is 1. The summed E-state index contributed by atoms with van der Waals surface area (Å²) in [5.74, 6) is 0.279. The molecule has 0 saturated heterocycles. The van der Waals surface area contributed by atoms with Crippen LogP contribution in [0, 0.1) is 0 Å². The van der Waals surface area contributed by atoms with E-state index in [1.807, 2.05) is 0 Å². The monoisotopic (exact) mass is 296 g/mol. The largest absolute Gasteiger partial charge is 0.412 e. The molecule has 0 aliphatic rings. The molecular formula is C11H12ClF3N2S. The molecule has 1 N–H and O–H groups in total. The predicted octanol–water partition coefficient (Wildman–Crippen LogP) is 4.71. The van der Waals surface area contributed by atoms with Crippen LogP contribution in [0.15, 0.2) is 28.8 Å². The van der Waals surface area contributed by atoms with Crippen molar-refractivity contribution in [3.05, 3.63) is 34.5 Å². The fraction of sp³-hybridized carbons (Fsp3) is 0.364. The molecule has 0 aliphatic heterocycles. The third kappa shape index (κ3) is 4.34. The molecular weight excluding hydrogens is 285 g/mol. The minimum Gasteiger partial charge on any atom is -0.332 e. The Morgan fingerprint density at radius 2 is 2.22 bits per heavy atom. The van der Waals surface area contributed by atoms with E-state index < -0.39 is 11.7 Å². The van der Waals surface area contributed by atoms with Gasteiger partial charge in [0.25, 0.3) is 0 Å². The summed E-state index contributed by atoms with van der Waals surface area (Å²) in [5.41, 5.74) is 0.369. The highest BCUT2D eigenvalue weighted by Crippen LogP contribution is 2.26. The highest BCUT2D eigenvalue weighted by atomic mass is 35.5. The van der Waals surface area contributed by atoms with Crippen molar-refractivity contribution in [1.82, 2.24) is 4.98 Å². The lowest BCUT2D eigenvalue weighted by atomic mass is 10.2. The standard InChI is InChI=1S/C11H12ClF3N2S/c1-3-8(4-7(2)11(13,14)15)16-10-17-9(5-12)6-18-10/h3-4,6H,5H2,1-2H3,(H,16,17)/b7-4+,8-3+. The molecule has 0 saturated carbocycles. The summed E-state index contributed by atoms with van der Waals surface area (Å²) in [6, 6.07) is 0. The maximum atomic E-state index is 12.4. The number of anilines is 1. The van der Waals surface area contributed by atoms with Gasteiger partial charge in [-0.1, -0.05) is 6.08 Å². The van der Waals surface area contributed by atoms with Crippen LogP contribution in [0.4, 0.5) is 18.3 Å². The Morgan fingerprint density at radius 1 is 1.56 bits per heavy atom.